The van der Waals surface area contributed by atoms with E-state index in [4.69, 9.17) is 14.2 Å². The fourth-order valence-electron chi connectivity index (χ4n) is 12.4. The van der Waals surface area contributed by atoms with E-state index in [1.807, 2.05) is 0 Å². The van der Waals surface area contributed by atoms with Crippen LogP contribution in [0.5, 0.6) is 5.75 Å². The Labute approximate surface area is 306 Å². The molecule has 1 saturated carbocycles. The molecule has 2 aromatic carbocycles. The number of nitrogens with one attached hydrogen (secondary N) is 2. The fourth-order valence-corrected chi connectivity index (χ4v) is 12.4. The molecular formula is C43H54N4O5. The number of esters is 2. The molecule has 2 N–H and O–H groups in total. The zero-order valence-corrected chi connectivity index (χ0v) is 31.6. The van der Waals surface area contributed by atoms with Crippen molar-refractivity contribution in [1.29, 1.82) is 0 Å². The summed E-state index contributed by atoms with van der Waals surface area (Å²) in [5.74, 6) is 1.79. The van der Waals surface area contributed by atoms with E-state index in [2.05, 4.69) is 77.1 Å². The number of para-hydroxylation sites is 1. The number of fused-ring (bicyclic) bond motifs is 9. The van der Waals surface area contributed by atoms with Gasteiger partial charge in [0.05, 0.1) is 27.2 Å². The number of carbonyl (C=O) groups is 2. The lowest BCUT2D eigenvalue weighted by atomic mass is 9.56. The second-order valence-electron chi connectivity index (χ2n) is 16.7. The highest BCUT2D eigenvalue weighted by atomic mass is 16.5. The Bertz CT molecular complexity index is 2050. The maximum absolute atomic E-state index is 14.2. The summed E-state index contributed by atoms with van der Waals surface area (Å²) in [5, 5.41) is 2.35. The number of benzene rings is 2. The summed E-state index contributed by atoms with van der Waals surface area (Å²) in [6, 6.07) is 13.3. The largest absolute Gasteiger partial charge is 0.496 e. The number of hydrogen-bond donors (Lipinski definition) is 2. The van der Waals surface area contributed by atoms with Crippen LogP contribution in [0, 0.1) is 29.6 Å². The number of likely N-dealkylation sites (N-methyl/N-ethyl adjacent to an activating group) is 1. The van der Waals surface area contributed by atoms with Crippen LogP contribution in [-0.4, -0.2) is 91.8 Å². The molecule has 2 aromatic heterocycles. The minimum Gasteiger partial charge on any atom is -0.496 e. The Kier molecular flexibility index (Phi) is 8.27. The third kappa shape index (κ3) is 4.73. The van der Waals surface area contributed by atoms with Crippen molar-refractivity contribution in [2.75, 3.05) is 48.0 Å². The van der Waals surface area contributed by atoms with E-state index < -0.39 is 5.41 Å². The maximum atomic E-state index is 14.2. The van der Waals surface area contributed by atoms with Gasteiger partial charge in [0.15, 0.2) is 0 Å². The molecule has 4 aliphatic heterocycles. The number of likely N-dealkylation sites (tertiary alicyclic amines) is 1. The van der Waals surface area contributed by atoms with Crippen molar-refractivity contribution >= 4 is 33.7 Å². The van der Waals surface area contributed by atoms with Crippen molar-refractivity contribution in [3.05, 3.63) is 64.5 Å². The van der Waals surface area contributed by atoms with Crippen molar-refractivity contribution in [3.8, 4) is 5.75 Å². The van der Waals surface area contributed by atoms with Gasteiger partial charge in [-0.2, -0.15) is 0 Å². The first kappa shape index (κ1) is 34.0. The number of methoxy groups -OCH3 is 3. The molecule has 9 heteroatoms. The van der Waals surface area contributed by atoms with Gasteiger partial charge in [0.1, 0.15) is 11.2 Å². The predicted molar refractivity (Wildman–Crippen MR) is 202 cm³/mol. The molecule has 0 radical (unpaired) electrons. The van der Waals surface area contributed by atoms with Gasteiger partial charge >= 0.3 is 11.9 Å². The van der Waals surface area contributed by atoms with Gasteiger partial charge in [0.25, 0.3) is 0 Å². The van der Waals surface area contributed by atoms with Gasteiger partial charge < -0.3 is 29.1 Å². The number of aromatic amines is 2. The fraction of sp³-hybridized carbons (Fsp3) is 0.581. The second kappa shape index (κ2) is 12.7. The predicted octanol–water partition coefficient (Wildman–Crippen LogP) is 6.57. The molecule has 52 heavy (non-hydrogen) atoms. The highest BCUT2D eigenvalue weighted by molar-refractivity contribution is 5.93. The zero-order valence-electron chi connectivity index (χ0n) is 31.6. The molecule has 2 aliphatic carbocycles. The Morgan fingerprint density at radius 1 is 0.923 bits per heavy atom. The van der Waals surface area contributed by atoms with Crippen LogP contribution < -0.4 is 4.74 Å². The lowest BCUT2D eigenvalue weighted by Crippen LogP contribution is -2.67. The summed E-state index contributed by atoms with van der Waals surface area (Å²) in [6.07, 6.45) is 6.50. The smallest absolute Gasteiger partial charge is 0.319 e. The molecule has 4 fully saturated rings. The second-order valence-corrected chi connectivity index (χ2v) is 16.7. The van der Waals surface area contributed by atoms with Crippen molar-refractivity contribution in [2.24, 2.45) is 29.6 Å². The Hall–Kier alpha value is -3.82. The van der Waals surface area contributed by atoms with E-state index in [9.17, 15) is 9.59 Å². The van der Waals surface area contributed by atoms with Gasteiger partial charge in [0.2, 0.25) is 0 Å². The van der Waals surface area contributed by atoms with Crippen LogP contribution in [0.1, 0.15) is 79.9 Å². The first-order valence-electron chi connectivity index (χ1n) is 19.7. The zero-order chi connectivity index (χ0) is 36.1. The van der Waals surface area contributed by atoms with Gasteiger partial charge in [-0.15, -0.1) is 0 Å². The monoisotopic (exact) mass is 706 g/mol. The molecule has 0 amide bonds. The normalized spacial score (nSPS) is 33.8. The van der Waals surface area contributed by atoms with Crippen LogP contribution in [-0.2, 0) is 37.3 Å². The third-order valence-electron chi connectivity index (χ3n) is 14.6. The van der Waals surface area contributed by atoms with E-state index >= 15 is 0 Å². The quantitative estimate of drug-likeness (QED) is 0.219. The summed E-state index contributed by atoms with van der Waals surface area (Å²) in [6.45, 7) is 7.49. The van der Waals surface area contributed by atoms with Crippen LogP contribution in [0.4, 0.5) is 0 Å². The van der Waals surface area contributed by atoms with Gasteiger partial charge in [-0.25, -0.2) is 0 Å². The lowest BCUT2D eigenvalue weighted by Gasteiger charge is -2.57. The summed E-state index contributed by atoms with van der Waals surface area (Å²) < 4.78 is 17.7. The number of aromatic nitrogens is 2. The van der Waals surface area contributed by atoms with Crippen LogP contribution in [0.25, 0.3) is 21.8 Å². The SMILES string of the molecule is CC[C@H]1CN(C)[C@H]2Cc3c([nH]c4ccccc34)[C@H](c3cc4[nH]c5c(c4cc3OC)CCN3C[C@@H]4C[C@H](CC)[C@H]3[C@@]5(C(=O)OC)C4)C[C@H]1[C@@H]2C(=O)OC. The van der Waals surface area contributed by atoms with Crippen molar-refractivity contribution in [2.45, 2.75) is 82.2 Å². The number of rotatable bonds is 6. The average Bonchev–Trinajstić information content (AvgIpc) is 3.69. The Morgan fingerprint density at radius 2 is 1.73 bits per heavy atom. The Morgan fingerprint density at radius 3 is 2.48 bits per heavy atom. The summed E-state index contributed by atoms with van der Waals surface area (Å²) in [4.78, 5) is 40.9. The van der Waals surface area contributed by atoms with Crippen LogP contribution in [0.3, 0.4) is 0 Å². The summed E-state index contributed by atoms with van der Waals surface area (Å²) >= 11 is 0. The molecule has 276 valence electrons. The van der Waals surface area contributed by atoms with Crippen LogP contribution in [0.2, 0.25) is 0 Å². The molecule has 3 saturated heterocycles. The average molecular weight is 707 g/mol. The molecule has 1 unspecified atom stereocenters. The number of piperidine rings is 3. The van der Waals surface area contributed by atoms with Gasteiger partial charge in [-0.3, -0.25) is 14.5 Å². The lowest BCUT2D eigenvalue weighted by molar-refractivity contribution is -0.162. The van der Waals surface area contributed by atoms with E-state index in [1.54, 1.807) is 21.3 Å². The van der Waals surface area contributed by atoms with E-state index in [0.29, 0.717) is 17.8 Å². The van der Waals surface area contributed by atoms with Crippen molar-refractivity contribution < 1.29 is 23.8 Å². The first-order valence-corrected chi connectivity index (χ1v) is 19.7. The molecule has 10 rings (SSSR count). The number of H-pyrrole nitrogens is 2. The number of ether oxygens (including phenoxy) is 3. The summed E-state index contributed by atoms with van der Waals surface area (Å²) in [7, 11) is 7.06. The number of carbonyl (C=O) groups excluding carboxylic acids is 2. The van der Waals surface area contributed by atoms with E-state index in [1.165, 1.54) is 28.6 Å². The third-order valence-corrected chi connectivity index (χ3v) is 14.6. The minimum absolute atomic E-state index is 0.0411. The van der Waals surface area contributed by atoms with Crippen LogP contribution in [0.15, 0.2) is 36.4 Å². The van der Waals surface area contributed by atoms with E-state index in [-0.39, 0.29) is 41.8 Å². The molecule has 6 aliphatic rings. The van der Waals surface area contributed by atoms with Crippen molar-refractivity contribution in [3.63, 3.8) is 0 Å². The molecule has 0 spiro atoms. The van der Waals surface area contributed by atoms with Gasteiger partial charge in [0, 0.05) is 76.4 Å². The van der Waals surface area contributed by atoms with Crippen LogP contribution >= 0.6 is 0 Å². The topological polar surface area (TPSA) is 99.9 Å². The number of hydrogen-bond acceptors (Lipinski definition) is 7. The first-order chi connectivity index (χ1) is 25.3. The molecule has 6 heterocycles. The van der Waals surface area contributed by atoms with Gasteiger partial charge in [-0.1, -0.05) is 44.9 Å². The minimum atomic E-state index is -0.718. The molecule has 10 atom stereocenters. The van der Waals surface area contributed by atoms with Gasteiger partial charge in [-0.05, 0) is 92.1 Å². The molecular weight excluding hydrogens is 652 g/mol. The highest BCUT2D eigenvalue weighted by Gasteiger charge is 2.63. The van der Waals surface area contributed by atoms with E-state index in [0.717, 1.165) is 91.6 Å². The standard InChI is InChI=1S/C43H54N4O5/c1-7-24-15-23-20-43(42(49)52-6)39-27(13-14-47(21-23)40(24)43)29-19-36(50-4)30(17-34(29)45-39)31-16-28-25(8-2)22-46(3)35(37(28)41(48)51-5)18-32-26-11-9-10-12-33(26)44-38(31)32/h9-12,17,19,23-25,28,31,35,37,40,44-45H,7-8,13-16,18,20-22H2,1-6H3/t23-,24+,25+,28-,31+,35+,37+,40+,43-/m1/s1. The molecule has 4 aromatic rings. The molecule has 6 bridgehead atoms. The highest BCUT2D eigenvalue weighted by Crippen LogP contribution is 2.56. The van der Waals surface area contributed by atoms with Crippen molar-refractivity contribution in [1.82, 2.24) is 19.8 Å². The maximum Gasteiger partial charge on any atom is 0.319 e. The number of nitrogens with zero attached hydrogens (tertiary/aromatic N) is 2. The Balaban J connectivity index is 1.26. The molecule has 9 nitrogen and oxygen atoms in total. The summed E-state index contributed by atoms with van der Waals surface area (Å²) in [5.41, 5.74) is 7.34.